The first-order valence-electron chi connectivity index (χ1n) is 5.17. The molecule has 94 valence electrons. The van der Waals surface area contributed by atoms with Crippen LogP contribution in [0.25, 0.3) is 0 Å². The third kappa shape index (κ3) is 4.77. The lowest BCUT2D eigenvalue weighted by molar-refractivity contribution is -0.141. The Labute approximate surface area is 102 Å². The van der Waals surface area contributed by atoms with Crippen LogP contribution in [-0.4, -0.2) is 33.8 Å². The minimum Gasteiger partial charge on any atom is -0.481 e. The molecule has 1 aromatic heterocycles. The topological polar surface area (TPSA) is 104 Å². The van der Waals surface area contributed by atoms with Gasteiger partial charge in [-0.1, -0.05) is 24.7 Å². The monoisotopic (exact) mass is 258 g/mol. The molecule has 0 fully saturated rings. The molecule has 2 amide bonds. The van der Waals surface area contributed by atoms with Crippen molar-refractivity contribution in [3.8, 4) is 0 Å². The minimum absolute atomic E-state index is 0.105. The standard InChI is InChI=1S/C9H14N4O3S/c1-2-3-6(7(14)15)4-10-8(16)12-9-13-11-5-17-9/h5-6H,2-4H2,1H3,(H,14,15)(H2,10,12,13,16). The number of carbonyl (C=O) groups excluding carboxylic acids is 1. The number of hydrogen-bond acceptors (Lipinski definition) is 5. The van der Waals surface area contributed by atoms with Crippen LogP contribution < -0.4 is 10.6 Å². The van der Waals surface area contributed by atoms with Crippen molar-refractivity contribution in [2.45, 2.75) is 19.8 Å². The highest BCUT2D eigenvalue weighted by atomic mass is 32.1. The maximum Gasteiger partial charge on any atom is 0.321 e. The van der Waals surface area contributed by atoms with Crippen molar-refractivity contribution in [3.63, 3.8) is 0 Å². The normalized spacial score (nSPS) is 11.8. The second-order valence-corrected chi connectivity index (χ2v) is 4.24. The summed E-state index contributed by atoms with van der Waals surface area (Å²) in [4.78, 5) is 22.2. The van der Waals surface area contributed by atoms with Crippen LogP contribution in [0.2, 0.25) is 0 Å². The zero-order chi connectivity index (χ0) is 12.7. The molecular formula is C9H14N4O3S. The van der Waals surface area contributed by atoms with Crippen LogP contribution in [0.15, 0.2) is 5.51 Å². The maximum absolute atomic E-state index is 11.4. The Bertz CT molecular complexity index is 368. The van der Waals surface area contributed by atoms with Crippen LogP contribution in [0.1, 0.15) is 19.8 Å². The smallest absolute Gasteiger partial charge is 0.321 e. The molecule has 17 heavy (non-hydrogen) atoms. The van der Waals surface area contributed by atoms with Crippen molar-refractivity contribution >= 4 is 28.5 Å². The molecule has 1 aromatic rings. The Balaban J connectivity index is 2.33. The fourth-order valence-corrected chi connectivity index (χ4v) is 1.69. The lowest BCUT2D eigenvalue weighted by Crippen LogP contribution is -2.35. The number of carbonyl (C=O) groups is 2. The summed E-state index contributed by atoms with van der Waals surface area (Å²) < 4.78 is 0. The van der Waals surface area contributed by atoms with Gasteiger partial charge in [-0.15, -0.1) is 10.2 Å². The van der Waals surface area contributed by atoms with Crippen LogP contribution in [0.4, 0.5) is 9.93 Å². The Morgan fingerprint density at radius 1 is 1.59 bits per heavy atom. The number of rotatable bonds is 6. The van der Waals surface area contributed by atoms with Gasteiger partial charge in [0.25, 0.3) is 0 Å². The molecule has 0 aliphatic carbocycles. The van der Waals surface area contributed by atoms with Gasteiger partial charge in [-0.05, 0) is 6.42 Å². The molecule has 1 unspecified atom stereocenters. The highest BCUT2D eigenvalue weighted by Crippen LogP contribution is 2.08. The van der Waals surface area contributed by atoms with Crippen LogP contribution in [-0.2, 0) is 4.79 Å². The van der Waals surface area contributed by atoms with Crippen molar-refractivity contribution in [1.29, 1.82) is 0 Å². The van der Waals surface area contributed by atoms with E-state index in [1.54, 1.807) is 0 Å². The number of urea groups is 1. The second-order valence-electron chi connectivity index (χ2n) is 3.40. The molecule has 8 heteroatoms. The average Bonchev–Trinajstić information content (AvgIpc) is 2.76. The van der Waals surface area contributed by atoms with Crippen LogP contribution in [0, 0.1) is 5.92 Å². The van der Waals surface area contributed by atoms with E-state index in [0.717, 1.165) is 6.42 Å². The van der Waals surface area contributed by atoms with Crippen LogP contribution in [0.3, 0.4) is 0 Å². The highest BCUT2D eigenvalue weighted by molar-refractivity contribution is 7.13. The van der Waals surface area contributed by atoms with Crippen molar-refractivity contribution < 1.29 is 14.7 Å². The summed E-state index contributed by atoms with van der Waals surface area (Å²) in [5.74, 6) is -1.46. The van der Waals surface area contributed by atoms with Crippen molar-refractivity contribution in [2.75, 3.05) is 11.9 Å². The van der Waals surface area contributed by atoms with Crippen molar-refractivity contribution in [2.24, 2.45) is 5.92 Å². The Hall–Kier alpha value is -1.70. The summed E-state index contributed by atoms with van der Waals surface area (Å²) in [5, 5.41) is 21.4. The van der Waals surface area contributed by atoms with Gasteiger partial charge in [0.05, 0.1) is 5.92 Å². The third-order valence-corrected chi connectivity index (χ3v) is 2.68. The van der Waals surface area contributed by atoms with Crippen LogP contribution in [0.5, 0.6) is 0 Å². The fraction of sp³-hybridized carbons (Fsp3) is 0.556. The molecule has 0 spiro atoms. The maximum atomic E-state index is 11.4. The van der Waals surface area contributed by atoms with Gasteiger partial charge >= 0.3 is 12.0 Å². The number of aromatic nitrogens is 2. The van der Waals surface area contributed by atoms with Crippen LogP contribution >= 0.6 is 11.3 Å². The quantitative estimate of drug-likeness (QED) is 0.710. The molecule has 0 aliphatic heterocycles. The molecule has 0 saturated heterocycles. The predicted octanol–water partition coefficient (Wildman–Crippen LogP) is 1.16. The fourth-order valence-electron chi connectivity index (χ4n) is 1.25. The number of amides is 2. The molecule has 0 radical (unpaired) electrons. The molecule has 0 aromatic carbocycles. The molecule has 1 rings (SSSR count). The van der Waals surface area contributed by atoms with E-state index >= 15 is 0 Å². The number of carboxylic acids is 1. The Kier molecular flexibility index (Phi) is 5.34. The van der Waals surface area contributed by atoms with E-state index in [1.807, 2.05) is 6.92 Å². The van der Waals surface area contributed by atoms with E-state index in [2.05, 4.69) is 20.8 Å². The lowest BCUT2D eigenvalue weighted by atomic mass is 10.0. The molecule has 0 saturated carbocycles. The third-order valence-electron chi connectivity index (χ3n) is 2.08. The van der Waals surface area contributed by atoms with E-state index in [4.69, 9.17) is 5.11 Å². The van der Waals surface area contributed by atoms with E-state index in [1.165, 1.54) is 16.8 Å². The number of carboxylic acid groups (broad SMARTS) is 1. The molecule has 3 N–H and O–H groups in total. The molecular weight excluding hydrogens is 244 g/mol. The SMILES string of the molecule is CCCC(CNC(=O)Nc1nncs1)C(=O)O. The van der Waals surface area contributed by atoms with Crippen molar-refractivity contribution in [1.82, 2.24) is 15.5 Å². The van der Waals surface area contributed by atoms with Crippen molar-refractivity contribution in [3.05, 3.63) is 5.51 Å². The molecule has 1 atom stereocenters. The zero-order valence-electron chi connectivity index (χ0n) is 9.34. The Morgan fingerprint density at radius 2 is 2.35 bits per heavy atom. The highest BCUT2D eigenvalue weighted by Gasteiger charge is 2.17. The lowest BCUT2D eigenvalue weighted by Gasteiger charge is -2.11. The van der Waals surface area contributed by atoms with Gasteiger partial charge in [0.2, 0.25) is 5.13 Å². The first-order valence-corrected chi connectivity index (χ1v) is 6.05. The number of aliphatic carboxylic acids is 1. The number of anilines is 1. The molecule has 0 aliphatic rings. The van der Waals surface area contributed by atoms with E-state index in [0.29, 0.717) is 11.6 Å². The van der Waals surface area contributed by atoms with Gasteiger partial charge in [-0.3, -0.25) is 10.1 Å². The summed E-state index contributed by atoms with van der Waals surface area (Å²) >= 11 is 1.19. The largest absolute Gasteiger partial charge is 0.481 e. The summed E-state index contributed by atoms with van der Waals surface area (Å²) in [6.07, 6.45) is 1.30. The average molecular weight is 258 g/mol. The van der Waals surface area contributed by atoms with E-state index in [-0.39, 0.29) is 6.54 Å². The van der Waals surface area contributed by atoms with Gasteiger partial charge < -0.3 is 10.4 Å². The predicted molar refractivity (Wildman–Crippen MR) is 63.0 cm³/mol. The molecule has 0 bridgehead atoms. The van der Waals surface area contributed by atoms with Gasteiger partial charge in [-0.25, -0.2) is 4.79 Å². The van der Waals surface area contributed by atoms with E-state index in [9.17, 15) is 9.59 Å². The second kappa shape index (κ2) is 6.79. The van der Waals surface area contributed by atoms with E-state index < -0.39 is 17.9 Å². The number of nitrogens with one attached hydrogen (secondary N) is 2. The van der Waals surface area contributed by atoms with Gasteiger partial charge in [0.1, 0.15) is 5.51 Å². The number of nitrogens with zero attached hydrogens (tertiary/aromatic N) is 2. The molecule has 7 nitrogen and oxygen atoms in total. The summed E-state index contributed by atoms with van der Waals surface area (Å²) in [7, 11) is 0. The molecule has 1 heterocycles. The first kappa shape index (κ1) is 13.4. The summed E-state index contributed by atoms with van der Waals surface area (Å²) in [6.45, 7) is 2.01. The Morgan fingerprint density at radius 3 is 2.88 bits per heavy atom. The van der Waals surface area contributed by atoms with Gasteiger partial charge in [-0.2, -0.15) is 0 Å². The van der Waals surface area contributed by atoms with Gasteiger partial charge in [0.15, 0.2) is 0 Å². The number of hydrogen-bond donors (Lipinski definition) is 3. The summed E-state index contributed by atoms with van der Waals surface area (Å²) in [6, 6.07) is -0.468. The zero-order valence-corrected chi connectivity index (χ0v) is 10.2. The minimum atomic E-state index is -0.900. The van der Waals surface area contributed by atoms with Gasteiger partial charge in [0, 0.05) is 6.54 Å². The summed E-state index contributed by atoms with van der Waals surface area (Å²) in [5.41, 5.74) is 1.49. The first-order chi connectivity index (χ1) is 8.13.